The number of imide groups is 1. The Labute approximate surface area is 311 Å². The normalized spacial score (nSPS) is 11.5. The summed E-state index contributed by atoms with van der Waals surface area (Å²) in [4.78, 5) is 36.0. The first-order valence-electron chi connectivity index (χ1n) is 16.7. The largest absolute Gasteiger partial charge is 0.493 e. The number of nitrogens with one attached hydrogen (secondary N) is 1. The molecule has 0 saturated heterocycles. The maximum Gasteiger partial charge on any atom is 0.419 e. The van der Waals surface area contributed by atoms with E-state index in [0.29, 0.717) is 33.7 Å². The summed E-state index contributed by atoms with van der Waals surface area (Å²) in [5.74, 6) is -0.638. The van der Waals surface area contributed by atoms with Gasteiger partial charge in [-0.1, -0.05) is 11.8 Å². The summed E-state index contributed by atoms with van der Waals surface area (Å²) in [6.07, 6.45) is -1.63. The van der Waals surface area contributed by atoms with E-state index in [2.05, 4.69) is 4.98 Å². The van der Waals surface area contributed by atoms with E-state index in [4.69, 9.17) is 28.7 Å². The Morgan fingerprint density at radius 1 is 0.830 bits per heavy atom. The molecule has 53 heavy (non-hydrogen) atoms. The number of hydrogen-bond donors (Lipinski definition) is 1. The van der Waals surface area contributed by atoms with Gasteiger partial charge in [-0.3, -0.25) is 0 Å². The number of carbonyl (C=O) groups is 2. The molecule has 0 fully saturated rings. The molecule has 0 bridgehead atoms. The lowest BCUT2D eigenvalue weighted by molar-refractivity contribution is 0.000788. The minimum Gasteiger partial charge on any atom is -0.493 e. The van der Waals surface area contributed by atoms with Crippen molar-refractivity contribution in [2.75, 3.05) is 39.3 Å². The number of anilines is 2. The number of H-pyrrole nitrogens is 1. The number of aromatic nitrogens is 2. The number of imidazole rings is 1. The van der Waals surface area contributed by atoms with Crippen LogP contribution in [0.4, 0.5) is 34.3 Å². The van der Waals surface area contributed by atoms with Crippen LogP contribution in [0.15, 0.2) is 59.8 Å². The predicted molar refractivity (Wildman–Crippen MR) is 197 cm³/mol. The fraction of sp³-hybridized carbons (Fsp3) is 0.395. The lowest BCUT2D eigenvalue weighted by atomic mass is 10.1. The number of ether oxygens (including phenoxy) is 5. The summed E-state index contributed by atoms with van der Waals surface area (Å²) in [7, 11) is 4.88. The molecule has 0 aliphatic heterocycles. The lowest BCUT2D eigenvalue weighted by Gasteiger charge is -2.28. The van der Waals surface area contributed by atoms with E-state index in [1.807, 2.05) is 11.0 Å². The Morgan fingerprint density at radius 2 is 1.42 bits per heavy atom. The van der Waals surface area contributed by atoms with Crippen LogP contribution in [0.1, 0.15) is 53.5 Å². The van der Waals surface area contributed by atoms with E-state index in [1.165, 1.54) is 26.4 Å². The third-order valence-corrected chi connectivity index (χ3v) is 8.26. The van der Waals surface area contributed by atoms with Crippen LogP contribution < -0.4 is 19.1 Å². The second-order valence-electron chi connectivity index (χ2n) is 13.8. The topological polar surface area (TPSA) is 115 Å². The zero-order valence-corrected chi connectivity index (χ0v) is 32.1. The number of halogens is 3. The molecule has 11 nitrogen and oxygen atoms in total. The molecule has 0 aliphatic rings. The van der Waals surface area contributed by atoms with Crippen molar-refractivity contribution in [1.82, 2.24) is 14.9 Å². The van der Waals surface area contributed by atoms with Crippen molar-refractivity contribution in [3.63, 3.8) is 0 Å². The van der Waals surface area contributed by atoms with Gasteiger partial charge < -0.3 is 33.6 Å². The van der Waals surface area contributed by atoms with Crippen molar-refractivity contribution in [2.45, 2.75) is 70.1 Å². The van der Waals surface area contributed by atoms with Crippen LogP contribution in [0.2, 0.25) is 0 Å². The van der Waals surface area contributed by atoms with Gasteiger partial charge >= 0.3 is 12.2 Å². The van der Waals surface area contributed by atoms with Crippen molar-refractivity contribution < 1.29 is 46.4 Å². The molecule has 0 aliphatic carbocycles. The summed E-state index contributed by atoms with van der Waals surface area (Å²) >= 11 is 1.08. The van der Waals surface area contributed by atoms with Gasteiger partial charge in [-0.15, -0.1) is 0 Å². The van der Waals surface area contributed by atoms with Gasteiger partial charge in [0.2, 0.25) is 0 Å². The number of amides is 2. The van der Waals surface area contributed by atoms with E-state index in [0.717, 1.165) is 34.5 Å². The van der Waals surface area contributed by atoms with Crippen molar-refractivity contribution in [2.24, 2.45) is 0 Å². The average Bonchev–Trinajstić information content (AvgIpc) is 3.50. The number of methoxy groups -OCH3 is 2. The fourth-order valence-corrected chi connectivity index (χ4v) is 5.75. The molecule has 1 aromatic heterocycles. The molecule has 0 atom stereocenters. The number of rotatable bonds is 13. The highest BCUT2D eigenvalue weighted by molar-refractivity contribution is 7.98. The highest BCUT2D eigenvalue weighted by Crippen LogP contribution is 2.39. The Morgan fingerprint density at radius 3 is 1.96 bits per heavy atom. The van der Waals surface area contributed by atoms with Crippen LogP contribution in [-0.4, -0.2) is 72.7 Å². The first-order chi connectivity index (χ1) is 24.9. The minimum atomic E-state index is -0.883. The molecule has 15 heteroatoms. The Hall–Kier alpha value is -5.05. The quantitative estimate of drug-likeness (QED) is 0.104. The number of thioether (sulfide) groups is 1. The number of benzene rings is 3. The number of nitrogens with zero attached hydrogens (tertiary/aromatic N) is 3. The van der Waals surface area contributed by atoms with Crippen LogP contribution in [-0.2, 0) is 15.2 Å². The van der Waals surface area contributed by atoms with Crippen molar-refractivity contribution in [3.8, 4) is 28.5 Å². The van der Waals surface area contributed by atoms with Gasteiger partial charge in [-0.05, 0) is 84.4 Å². The summed E-state index contributed by atoms with van der Waals surface area (Å²) in [5, 5.41) is 0.366. The van der Waals surface area contributed by atoms with Crippen LogP contribution in [0.3, 0.4) is 0 Å². The molecule has 286 valence electrons. The predicted octanol–water partition coefficient (Wildman–Crippen LogP) is 9.51. The van der Waals surface area contributed by atoms with E-state index >= 15 is 8.78 Å². The van der Waals surface area contributed by atoms with Gasteiger partial charge in [0, 0.05) is 54.4 Å². The first kappa shape index (κ1) is 40.7. The number of aromatic amines is 1. The molecule has 4 rings (SSSR count). The number of carbonyl (C=O) groups excluding carboxylic acids is 2. The second-order valence-corrected chi connectivity index (χ2v) is 14.8. The minimum absolute atomic E-state index is 0.0646. The van der Waals surface area contributed by atoms with Crippen LogP contribution in [0, 0.1) is 17.5 Å². The average molecular weight is 759 g/mol. The zero-order valence-electron chi connectivity index (χ0n) is 31.3. The summed E-state index contributed by atoms with van der Waals surface area (Å²) < 4.78 is 71.5. The molecular formula is C38H45F3N4O7S. The van der Waals surface area contributed by atoms with Gasteiger partial charge in [0.1, 0.15) is 45.9 Å². The van der Waals surface area contributed by atoms with Crippen molar-refractivity contribution in [3.05, 3.63) is 77.6 Å². The van der Waals surface area contributed by atoms with E-state index < -0.39 is 40.8 Å². The molecule has 1 heterocycles. The van der Waals surface area contributed by atoms with Crippen LogP contribution in [0.25, 0.3) is 11.3 Å². The van der Waals surface area contributed by atoms with Gasteiger partial charge in [0.05, 0.1) is 20.8 Å². The van der Waals surface area contributed by atoms with Crippen molar-refractivity contribution >= 4 is 35.5 Å². The van der Waals surface area contributed by atoms with E-state index in [9.17, 15) is 14.0 Å². The second kappa shape index (κ2) is 17.2. The summed E-state index contributed by atoms with van der Waals surface area (Å²) in [5.41, 5.74) is -0.0634. The van der Waals surface area contributed by atoms with Crippen LogP contribution in [0.5, 0.6) is 17.2 Å². The van der Waals surface area contributed by atoms with Crippen LogP contribution >= 0.6 is 11.8 Å². The first-order valence-corrected chi connectivity index (χ1v) is 17.7. The smallest absolute Gasteiger partial charge is 0.419 e. The molecule has 0 radical (unpaired) electrons. The SMILES string of the molecule is COc1ccc(N(C)c2[nH]c(SCc3c(F)cc(OCCCN(C(=O)OC(C)(C)C)C(=O)OC(C)(C)C)cc3F)nc2-c2ccc(F)cc2)cc1OC. The molecule has 0 unspecified atom stereocenters. The van der Waals surface area contributed by atoms with E-state index in [1.54, 1.807) is 72.9 Å². The Balaban J connectivity index is 1.47. The van der Waals surface area contributed by atoms with Gasteiger partial charge in [-0.2, -0.15) is 0 Å². The lowest BCUT2D eigenvalue weighted by Crippen LogP contribution is -2.44. The number of hydrogen-bond acceptors (Lipinski definition) is 10. The van der Waals surface area contributed by atoms with Gasteiger partial charge in [-0.25, -0.2) is 32.6 Å². The third kappa shape index (κ3) is 11.2. The van der Waals surface area contributed by atoms with Crippen molar-refractivity contribution in [1.29, 1.82) is 0 Å². The molecule has 1 N–H and O–H groups in total. The highest BCUT2D eigenvalue weighted by atomic mass is 32.2. The monoisotopic (exact) mass is 758 g/mol. The molecule has 2 amide bonds. The Bertz CT molecular complexity index is 1840. The van der Waals surface area contributed by atoms with E-state index in [-0.39, 0.29) is 36.6 Å². The maximum atomic E-state index is 15.3. The summed E-state index contributed by atoms with van der Waals surface area (Å²) in [6, 6.07) is 13.3. The molecular weight excluding hydrogens is 714 g/mol. The third-order valence-electron chi connectivity index (χ3n) is 7.36. The summed E-state index contributed by atoms with van der Waals surface area (Å²) in [6.45, 7) is 9.84. The Kier molecular flexibility index (Phi) is 13.2. The molecule has 3 aromatic carbocycles. The zero-order chi connectivity index (χ0) is 39.1. The fourth-order valence-electron chi connectivity index (χ4n) is 4.87. The standard InChI is InChI=1S/C38H45F3N4O7S/c1-37(2,3)51-35(46)45(36(47)52-38(4,5)6)17-10-18-50-26-20-28(40)27(29(41)21-26)22-53-34-42-32(23-11-13-24(39)14-12-23)33(43-34)44(7)25-15-16-30(48-8)31(19-25)49-9/h11-16,19-21H,10,17-18,22H2,1-9H3,(H,42,43). The van der Waals surface area contributed by atoms with Gasteiger partial charge in [0.15, 0.2) is 16.7 Å². The molecule has 0 spiro atoms. The molecule has 4 aromatic rings. The maximum absolute atomic E-state index is 15.3. The molecule has 0 saturated carbocycles. The van der Waals surface area contributed by atoms with Gasteiger partial charge in [0.25, 0.3) is 0 Å². The highest BCUT2D eigenvalue weighted by Gasteiger charge is 2.31.